The molecule has 0 saturated carbocycles. The van der Waals surface area contributed by atoms with Crippen LogP contribution in [0.3, 0.4) is 0 Å². The molecule has 0 spiro atoms. The number of benzene rings is 1. The van der Waals surface area contributed by atoms with Crippen molar-refractivity contribution < 1.29 is 13.2 Å². The normalized spacial score (nSPS) is 11.3. The number of hydrogen-bond donors (Lipinski definition) is 1. The topological polar surface area (TPSA) is 63.2 Å². The first kappa shape index (κ1) is 12.9. The lowest BCUT2D eigenvalue weighted by Crippen LogP contribution is -2.24. The highest BCUT2D eigenvalue weighted by Crippen LogP contribution is 2.09. The molecule has 0 aromatic heterocycles. The van der Waals surface area contributed by atoms with Crippen LogP contribution in [-0.2, 0) is 14.8 Å². The fraction of sp³-hybridized carbons (Fsp3) is 0.364. The zero-order valence-corrected chi connectivity index (χ0v) is 9.88. The molecule has 0 fully saturated rings. The molecular formula is C11H14NO3S. The maximum absolute atomic E-state index is 11.7. The molecular weight excluding hydrogens is 226 g/mol. The molecule has 1 aromatic carbocycles. The average Bonchev–Trinajstić information content (AvgIpc) is 2.25. The number of carbonyl (C=O) groups excluding carboxylic acids is 1. The van der Waals surface area contributed by atoms with Crippen molar-refractivity contribution in [2.24, 2.45) is 0 Å². The lowest BCUT2D eigenvalue weighted by molar-refractivity contribution is 0.546. The van der Waals surface area contributed by atoms with Crippen molar-refractivity contribution in [3.63, 3.8) is 0 Å². The van der Waals surface area contributed by atoms with Crippen molar-refractivity contribution in [3.8, 4) is 0 Å². The molecule has 1 radical (unpaired) electrons. The Bertz CT molecular complexity index is 437. The van der Waals surface area contributed by atoms with Crippen LogP contribution in [0.25, 0.3) is 0 Å². The van der Waals surface area contributed by atoms with E-state index in [1.165, 1.54) is 0 Å². The van der Waals surface area contributed by atoms with Crippen molar-refractivity contribution in [2.75, 3.05) is 6.54 Å². The Morgan fingerprint density at radius 1 is 1.25 bits per heavy atom. The first-order valence-electron chi connectivity index (χ1n) is 4.97. The zero-order chi connectivity index (χ0) is 12.0. The minimum absolute atomic E-state index is 0.244. The number of hydrogen-bond acceptors (Lipinski definition) is 3. The van der Waals surface area contributed by atoms with Gasteiger partial charge in [0, 0.05) is 13.0 Å². The highest BCUT2D eigenvalue weighted by atomic mass is 32.2. The van der Waals surface area contributed by atoms with Gasteiger partial charge >= 0.3 is 0 Å². The van der Waals surface area contributed by atoms with E-state index in [-0.39, 0.29) is 17.9 Å². The average molecular weight is 240 g/mol. The van der Waals surface area contributed by atoms with Gasteiger partial charge in [-0.3, -0.25) is 4.79 Å². The SMILES string of the molecule is Cc1ccc(S(=O)(=O)NCCC[C]=O)cc1. The van der Waals surface area contributed by atoms with Crippen molar-refractivity contribution in [2.45, 2.75) is 24.7 Å². The number of unbranched alkanes of at least 4 members (excludes halogenated alkanes) is 1. The van der Waals surface area contributed by atoms with Gasteiger partial charge in [0.25, 0.3) is 0 Å². The Labute approximate surface area is 95.7 Å². The number of rotatable bonds is 6. The maximum atomic E-state index is 11.7. The molecule has 87 valence electrons. The second-order valence-corrected chi connectivity index (χ2v) is 5.23. The highest BCUT2D eigenvalue weighted by molar-refractivity contribution is 7.89. The van der Waals surface area contributed by atoms with Gasteiger partial charge in [0.15, 0.2) is 6.29 Å². The summed E-state index contributed by atoms with van der Waals surface area (Å²) in [5.41, 5.74) is 1.01. The predicted octanol–water partition coefficient (Wildman–Crippen LogP) is 1.16. The molecule has 16 heavy (non-hydrogen) atoms. The molecule has 0 amide bonds. The van der Waals surface area contributed by atoms with E-state index in [0.717, 1.165) is 5.56 Å². The number of nitrogens with one attached hydrogen (secondary N) is 1. The minimum Gasteiger partial charge on any atom is -0.291 e. The summed E-state index contributed by atoms with van der Waals surface area (Å²) in [6, 6.07) is 6.61. The Morgan fingerprint density at radius 3 is 2.44 bits per heavy atom. The molecule has 0 saturated heterocycles. The van der Waals surface area contributed by atoms with Gasteiger partial charge in [0.1, 0.15) is 0 Å². The van der Waals surface area contributed by atoms with Gasteiger partial charge in [-0.2, -0.15) is 0 Å². The Balaban J connectivity index is 2.63. The maximum Gasteiger partial charge on any atom is 0.240 e. The molecule has 0 aliphatic carbocycles. The Kier molecular flexibility index (Phi) is 4.64. The third-order valence-corrected chi connectivity index (χ3v) is 3.56. The van der Waals surface area contributed by atoms with Crippen LogP contribution in [0.5, 0.6) is 0 Å². The largest absolute Gasteiger partial charge is 0.291 e. The fourth-order valence-corrected chi connectivity index (χ4v) is 2.24. The Hall–Kier alpha value is -1.20. The molecule has 5 heteroatoms. The molecule has 0 heterocycles. The van der Waals surface area contributed by atoms with E-state index in [0.29, 0.717) is 6.42 Å². The quantitative estimate of drug-likeness (QED) is 0.759. The molecule has 0 aliphatic heterocycles. The van der Waals surface area contributed by atoms with Gasteiger partial charge in [0.05, 0.1) is 4.90 Å². The van der Waals surface area contributed by atoms with Crippen LogP contribution < -0.4 is 4.72 Å². The summed E-state index contributed by atoms with van der Waals surface area (Å²) in [6.45, 7) is 2.15. The summed E-state index contributed by atoms with van der Waals surface area (Å²) >= 11 is 0. The summed E-state index contributed by atoms with van der Waals surface area (Å²) in [4.78, 5) is 10.2. The Morgan fingerprint density at radius 2 is 1.88 bits per heavy atom. The molecule has 4 nitrogen and oxygen atoms in total. The van der Waals surface area contributed by atoms with E-state index in [9.17, 15) is 13.2 Å². The summed E-state index contributed by atoms with van der Waals surface area (Å²) in [5.74, 6) is 0. The fourth-order valence-electron chi connectivity index (χ4n) is 1.17. The van der Waals surface area contributed by atoms with Crippen LogP contribution in [0.4, 0.5) is 0 Å². The third kappa shape index (κ3) is 3.75. The monoisotopic (exact) mass is 240 g/mol. The van der Waals surface area contributed by atoms with Crippen LogP contribution >= 0.6 is 0 Å². The number of sulfonamides is 1. The first-order valence-corrected chi connectivity index (χ1v) is 6.46. The first-order chi connectivity index (χ1) is 7.56. The molecule has 0 atom stereocenters. The van der Waals surface area contributed by atoms with Crippen molar-refractivity contribution in [1.82, 2.24) is 4.72 Å². The van der Waals surface area contributed by atoms with Crippen molar-refractivity contribution in [1.29, 1.82) is 0 Å². The van der Waals surface area contributed by atoms with Gasteiger partial charge in [0.2, 0.25) is 10.0 Å². The molecule has 1 aromatic rings. The van der Waals surface area contributed by atoms with E-state index in [1.54, 1.807) is 30.6 Å². The van der Waals surface area contributed by atoms with Crippen LogP contribution in [0.2, 0.25) is 0 Å². The lowest BCUT2D eigenvalue weighted by atomic mass is 10.2. The summed E-state index contributed by atoms with van der Waals surface area (Å²) in [6.07, 6.45) is 2.43. The molecule has 0 bridgehead atoms. The second-order valence-electron chi connectivity index (χ2n) is 3.46. The van der Waals surface area contributed by atoms with Gasteiger partial charge in [-0.1, -0.05) is 17.7 Å². The van der Waals surface area contributed by atoms with Crippen LogP contribution in [0.15, 0.2) is 29.2 Å². The molecule has 0 unspecified atom stereocenters. The van der Waals surface area contributed by atoms with E-state index in [2.05, 4.69) is 4.72 Å². The van der Waals surface area contributed by atoms with E-state index < -0.39 is 10.0 Å². The smallest absolute Gasteiger partial charge is 0.240 e. The van der Waals surface area contributed by atoms with Gasteiger partial charge in [-0.25, -0.2) is 13.1 Å². The predicted molar refractivity (Wildman–Crippen MR) is 61.3 cm³/mol. The van der Waals surface area contributed by atoms with Crippen molar-refractivity contribution >= 4 is 16.3 Å². The van der Waals surface area contributed by atoms with E-state index >= 15 is 0 Å². The second kappa shape index (κ2) is 5.77. The molecule has 0 aliphatic rings. The van der Waals surface area contributed by atoms with Gasteiger partial charge < -0.3 is 0 Å². The highest BCUT2D eigenvalue weighted by Gasteiger charge is 2.12. The van der Waals surface area contributed by atoms with Crippen LogP contribution in [0.1, 0.15) is 18.4 Å². The van der Waals surface area contributed by atoms with Crippen molar-refractivity contribution in [3.05, 3.63) is 29.8 Å². The van der Waals surface area contributed by atoms with Gasteiger partial charge in [-0.15, -0.1) is 0 Å². The summed E-state index contributed by atoms with van der Waals surface area (Å²) in [7, 11) is -3.44. The third-order valence-electron chi connectivity index (χ3n) is 2.08. The summed E-state index contributed by atoms with van der Waals surface area (Å²) < 4.78 is 25.8. The van der Waals surface area contributed by atoms with Gasteiger partial charge in [-0.05, 0) is 25.5 Å². The molecule has 1 N–H and O–H groups in total. The van der Waals surface area contributed by atoms with Crippen LogP contribution in [-0.4, -0.2) is 21.2 Å². The summed E-state index contributed by atoms with van der Waals surface area (Å²) in [5, 5.41) is 0. The van der Waals surface area contributed by atoms with E-state index in [4.69, 9.17) is 0 Å². The minimum atomic E-state index is -3.44. The lowest BCUT2D eigenvalue weighted by Gasteiger charge is -2.05. The standard InChI is InChI=1S/C11H14NO3S/c1-10-4-6-11(7-5-10)16(14,15)12-8-2-3-9-13/h4-7,12H,2-3,8H2,1H3. The van der Waals surface area contributed by atoms with Crippen LogP contribution in [0, 0.1) is 6.92 Å². The molecule has 1 rings (SSSR count). The zero-order valence-electron chi connectivity index (χ0n) is 9.06. The number of aryl methyl sites for hydroxylation is 1. The van der Waals surface area contributed by atoms with E-state index in [1.807, 2.05) is 6.92 Å².